The minimum atomic E-state index is -0.664. The molecule has 2 saturated carbocycles. The summed E-state index contributed by atoms with van der Waals surface area (Å²) in [6, 6.07) is 3.52. The number of carbonyl (C=O) groups is 1. The first-order valence-electron chi connectivity index (χ1n) is 10.1. The van der Waals surface area contributed by atoms with Gasteiger partial charge < -0.3 is 15.3 Å². The van der Waals surface area contributed by atoms with E-state index in [1.54, 1.807) is 6.07 Å². The summed E-state index contributed by atoms with van der Waals surface area (Å²) in [6.45, 7) is 2.36. The second-order valence-electron chi connectivity index (χ2n) is 8.88. The van der Waals surface area contributed by atoms with Gasteiger partial charge in [-0.3, -0.25) is 4.79 Å². The molecule has 3 N–H and O–H groups in total. The molecule has 4 nitrogen and oxygen atoms in total. The van der Waals surface area contributed by atoms with E-state index in [1.165, 1.54) is 25.7 Å². The van der Waals surface area contributed by atoms with Crippen molar-refractivity contribution >= 4 is 5.97 Å². The average Bonchev–Trinajstić information content (AvgIpc) is 3.51. The zero-order valence-corrected chi connectivity index (χ0v) is 15.9. The highest BCUT2D eigenvalue weighted by Crippen LogP contribution is 2.50. The van der Waals surface area contributed by atoms with Crippen molar-refractivity contribution in [2.24, 2.45) is 10.8 Å². The summed E-state index contributed by atoms with van der Waals surface area (Å²) >= 11 is 0. The van der Waals surface area contributed by atoms with E-state index in [0.717, 1.165) is 56.1 Å². The number of phenolic OH excluding ortho intramolecular Hbond substituents is 2. The third-order valence-corrected chi connectivity index (χ3v) is 6.58. The molecule has 0 radical (unpaired) electrons. The highest BCUT2D eigenvalue weighted by atomic mass is 16.4. The second kappa shape index (κ2) is 7.50. The highest BCUT2D eigenvalue weighted by molar-refractivity contribution is 5.77. The van der Waals surface area contributed by atoms with E-state index in [2.05, 4.69) is 6.92 Å². The van der Waals surface area contributed by atoms with E-state index in [-0.39, 0.29) is 11.5 Å². The molecule has 0 aromatic heterocycles. The predicted molar refractivity (Wildman–Crippen MR) is 102 cm³/mol. The first-order chi connectivity index (χ1) is 12.4. The van der Waals surface area contributed by atoms with E-state index >= 15 is 0 Å². The predicted octanol–water partition coefficient (Wildman–Crippen LogP) is 5.19. The Morgan fingerprint density at radius 1 is 0.962 bits per heavy atom. The number of phenols is 2. The van der Waals surface area contributed by atoms with E-state index in [4.69, 9.17) is 0 Å². The lowest BCUT2D eigenvalue weighted by Gasteiger charge is -2.14. The number of benzene rings is 1. The molecular formula is C22H32O4. The fourth-order valence-electron chi connectivity index (χ4n) is 4.00. The van der Waals surface area contributed by atoms with Crippen molar-refractivity contribution in [2.75, 3.05) is 0 Å². The Morgan fingerprint density at radius 2 is 1.62 bits per heavy atom. The van der Waals surface area contributed by atoms with Gasteiger partial charge in [-0.05, 0) is 81.3 Å². The normalized spacial score (nSPS) is 19.3. The lowest BCUT2D eigenvalue weighted by atomic mass is 9.92. The minimum Gasteiger partial charge on any atom is -0.504 e. The van der Waals surface area contributed by atoms with Crippen LogP contribution in [0.3, 0.4) is 0 Å². The Morgan fingerprint density at radius 3 is 2.23 bits per heavy atom. The summed E-state index contributed by atoms with van der Waals surface area (Å²) in [7, 11) is 0. The lowest BCUT2D eigenvalue weighted by Crippen LogP contribution is -2.14. The van der Waals surface area contributed by atoms with Gasteiger partial charge in [0.1, 0.15) is 0 Å². The summed E-state index contributed by atoms with van der Waals surface area (Å²) in [5, 5.41) is 29.4. The van der Waals surface area contributed by atoms with Crippen molar-refractivity contribution in [1.29, 1.82) is 0 Å². The molecule has 0 bridgehead atoms. The van der Waals surface area contributed by atoms with Crippen molar-refractivity contribution in [3.8, 4) is 11.5 Å². The molecule has 144 valence electrons. The molecule has 0 unspecified atom stereocenters. The molecule has 0 heterocycles. The second-order valence-corrected chi connectivity index (χ2v) is 8.88. The number of hydrogen-bond acceptors (Lipinski definition) is 3. The fourth-order valence-corrected chi connectivity index (χ4v) is 4.00. The minimum absolute atomic E-state index is 0.0102. The summed E-state index contributed by atoms with van der Waals surface area (Å²) in [5.41, 5.74) is 2.09. The Hall–Kier alpha value is -1.71. The van der Waals surface area contributed by atoms with Crippen molar-refractivity contribution in [3.05, 3.63) is 23.3 Å². The van der Waals surface area contributed by atoms with Gasteiger partial charge >= 0.3 is 5.97 Å². The van der Waals surface area contributed by atoms with Gasteiger partial charge in [0.2, 0.25) is 0 Å². The number of aromatic hydroxyl groups is 2. The van der Waals surface area contributed by atoms with Gasteiger partial charge in [-0.15, -0.1) is 0 Å². The summed E-state index contributed by atoms with van der Waals surface area (Å²) in [4.78, 5) is 11.2. The number of rotatable bonds is 11. The molecule has 0 amide bonds. The van der Waals surface area contributed by atoms with Gasteiger partial charge in [-0.25, -0.2) is 0 Å². The summed E-state index contributed by atoms with van der Waals surface area (Å²) in [6.07, 6.45) is 11.9. The number of hydrogen-bond donors (Lipinski definition) is 3. The van der Waals surface area contributed by atoms with Crippen LogP contribution >= 0.6 is 0 Å². The molecule has 1 aromatic carbocycles. The number of carboxylic acids is 1. The quantitative estimate of drug-likeness (QED) is 0.375. The molecule has 2 fully saturated rings. The van der Waals surface area contributed by atoms with E-state index in [1.807, 2.05) is 6.07 Å². The van der Waals surface area contributed by atoms with Gasteiger partial charge in [0.15, 0.2) is 11.5 Å². The van der Waals surface area contributed by atoms with Gasteiger partial charge in [-0.2, -0.15) is 0 Å². The maximum atomic E-state index is 11.2. The first kappa shape index (κ1) is 19.1. The summed E-state index contributed by atoms with van der Waals surface area (Å²) in [5.74, 6) is -0.711. The van der Waals surface area contributed by atoms with Crippen molar-refractivity contribution in [3.63, 3.8) is 0 Å². The smallest absolute Gasteiger partial charge is 0.309 e. The van der Waals surface area contributed by atoms with E-state index in [9.17, 15) is 20.1 Å². The largest absolute Gasteiger partial charge is 0.504 e. The number of unbranched alkanes of at least 4 members (excludes halogenated alkanes) is 2. The molecule has 0 atom stereocenters. The Bertz CT molecular complexity index is 656. The van der Waals surface area contributed by atoms with Gasteiger partial charge in [0, 0.05) is 5.56 Å². The molecule has 0 saturated heterocycles. The molecule has 1 aromatic rings. The van der Waals surface area contributed by atoms with Crippen LogP contribution in [-0.2, 0) is 17.6 Å². The van der Waals surface area contributed by atoms with Crippen molar-refractivity contribution in [1.82, 2.24) is 0 Å². The van der Waals surface area contributed by atoms with Crippen LogP contribution in [0.5, 0.6) is 11.5 Å². The molecule has 4 heteroatoms. The van der Waals surface area contributed by atoms with Crippen molar-refractivity contribution < 1.29 is 20.1 Å². The van der Waals surface area contributed by atoms with Crippen LogP contribution in [0.2, 0.25) is 0 Å². The molecular weight excluding hydrogens is 328 g/mol. The van der Waals surface area contributed by atoms with E-state index in [0.29, 0.717) is 11.8 Å². The topological polar surface area (TPSA) is 77.8 Å². The van der Waals surface area contributed by atoms with Crippen LogP contribution in [0.1, 0.15) is 82.3 Å². The van der Waals surface area contributed by atoms with Crippen LogP contribution in [0.15, 0.2) is 12.1 Å². The van der Waals surface area contributed by atoms with Crippen molar-refractivity contribution in [2.45, 2.75) is 84.0 Å². The van der Waals surface area contributed by atoms with Gasteiger partial charge in [-0.1, -0.05) is 25.8 Å². The Kier molecular flexibility index (Phi) is 5.50. The van der Waals surface area contributed by atoms with Gasteiger partial charge in [0.25, 0.3) is 0 Å². The number of carboxylic acid groups (broad SMARTS) is 1. The SMILES string of the molecule is CC1(CCCCc2ccc(O)c(O)c2CCCCC2(C(=O)O)CC2)CC1. The van der Waals surface area contributed by atoms with Crippen LogP contribution in [0.25, 0.3) is 0 Å². The number of aryl methyl sites for hydroxylation is 1. The third kappa shape index (κ3) is 4.52. The zero-order valence-electron chi connectivity index (χ0n) is 15.9. The van der Waals surface area contributed by atoms with Gasteiger partial charge in [0.05, 0.1) is 5.41 Å². The van der Waals surface area contributed by atoms with Crippen LogP contribution < -0.4 is 0 Å². The third-order valence-electron chi connectivity index (χ3n) is 6.58. The molecule has 26 heavy (non-hydrogen) atoms. The van der Waals surface area contributed by atoms with Crippen LogP contribution in [0, 0.1) is 10.8 Å². The molecule has 2 aliphatic carbocycles. The standard InChI is InChI=1S/C22H32O4/c1-21(12-13-21)10-4-2-6-16-8-9-18(23)19(24)17(16)7-3-5-11-22(14-15-22)20(25)26/h8-9,23-24H,2-7,10-15H2,1H3,(H,25,26). The number of aliphatic carboxylic acids is 1. The van der Waals surface area contributed by atoms with Crippen LogP contribution in [-0.4, -0.2) is 21.3 Å². The molecule has 0 aliphatic heterocycles. The van der Waals surface area contributed by atoms with E-state index < -0.39 is 11.4 Å². The first-order valence-corrected chi connectivity index (χ1v) is 10.1. The maximum absolute atomic E-state index is 11.2. The Balaban J connectivity index is 1.51. The Labute approximate surface area is 156 Å². The maximum Gasteiger partial charge on any atom is 0.309 e. The summed E-state index contributed by atoms with van der Waals surface area (Å²) < 4.78 is 0. The monoisotopic (exact) mass is 360 g/mol. The van der Waals surface area contributed by atoms with Crippen LogP contribution in [0.4, 0.5) is 0 Å². The lowest BCUT2D eigenvalue weighted by molar-refractivity contribution is -0.143. The molecule has 0 spiro atoms. The zero-order chi connectivity index (χ0) is 18.8. The highest BCUT2D eigenvalue weighted by Gasteiger charge is 2.49. The average molecular weight is 360 g/mol. The molecule has 2 aliphatic rings. The fraction of sp³-hybridized carbons (Fsp3) is 0.682. The molecule has 3 rings (SSSR count).